The van der Waals surface area contributed by atoms with Crippen LogP contribution in [0.25, 0.3) is 22.0 Å². The zero-order chi connectivity index (χ0) is 21.3. The summed E-state index contributed by atoms with van der Waals surface area (Å²) in [6.45, 7) is 2.07. The van der Waals surface area contributed by atoms with E-state index >= 15 is 0 Å². The maximum Gasteiger partial charge on any atom is 0.351 e. The third-order valence-corrected chi connectivity index (χ3v) is 4.75. The Balaban J connectivity index is 1.70. The van der Waals surface area contributed by atoms with Gasteiger partial charge in [0.2, 0.25) is 0 Å². The molecule has 4 aromatic rings. The molecule has 0 bridgehead atoms. The monoisotopic (exact) mass is 405 g/mol. The first-order valence-corrected chi connectivity index (χ1v) is 9.36. The van der Waals surface area contributed by atoms with E-state index in [1.54, 1.807) is 13.0 Å². The van der Waals surface area contributed by atoms with Crippen LogP contribution in [0.15, 0.2) is 56.7 Å². The molecule has 0 fully saturated rings. The Hall–Kier alpha value is -3.94. The largest absolute Gasteiger partial charge is 0.507 e. The molecule has 0 aliphatic heterocycles. The lowest BCUT2D eigenvalue weighted by atomic mass is 10.1. The smallest absolute Gasteiger partial charge is 0.351 e. The molecule has 0 spiro atoms. The van der Waals surface area contributed by atoms with Gasteiger partial charge in [0, 0.05) is 18.6 Å². The Morgan fingerprint density at radius 2 is 2.10 bits per heavy atom. The minimum Gasteiger partial charge on any atom is -0.507 e. The van der Waals surface area contributed by atoms with Gasteiger partial charge in [-0.25, -0.2) is 14.6 Å². The van der Waals surface area contributed by atoms with Gasteiger partial charge in [0.25, 0.3) is 0 Å². The fourth-order valence-corrected chi connectivity index (χ4v) is 3.23. The lowest BCUT2D eigenvalue weighted by Gasteiger charge is -2.06. The molecule has 0 saturated heterocycles. The summed E-state index contributed by atoms with van der Waals surface area (Å²) in [4.78, 5) is 33.1. The molecule has 0 radical (unpaired) electrons. The van der Waals surface area contributed by atoms with Crippen molar-refractivity contribution in [3.05, 3.63) is 69.8 Å². The highest BCUT2D eigenvalue weighted by Crippen LogP contribution is 2.26. The van der Waals surface area contributed by atoms with E-state index < -0.39 is 11.6 Å². The van der Waals surface area contributed by atoms with Crippen molar-refractivity contribution in [2.75, 3.05) is 6.61 Å². The minimum atomic E-state index is -0.837. The van der Waals surface area contributed by atoms with Crippen LogP contribution >= 0.6 is 0 Å². The van der Waals surface area contributed by atoms with Gasteiger partial charge < -0.3 is 18.8 Å². The van der Waals surface area contributed by atoms with E-state index in [2.05, 4.69) is 9.98 Å². The van der Waals surface area contributed by atoms with Gasteiger partial charge in [0.05, 0.1) is 29.7 Å². The SMILES string of the molecule is CCOC(=O)c1cc2ccc(O)c(C=NCc3nc4ccccc4n3C)c2oc1=O. The number of fused-ring (bicyclic) bond motifs is 2. The molecule has 0 atom stereocenters. The minimum absolute atomic E-state index is 0.0942. The molecule has 2 aromatic heterocycles. The number of nitrogens with zero attached hydrogens (tertiary/aromatic N) is 3. The van der Waals surface area contributed by atoms with Crippen molar-refractivity contribution in [1.29, 1.82) is 0 Å². The Morgan fingerprint density at radius 3 is 2.87 bits per heavy atom. The number of hydrogen-bond acceptors (Lipinski definition) is 7. The summed E-state index contributed by atoms with van der Waals surface area (Å²) in [7, 11) is 1.91. The van der Waals surface area contributed by atoms with E-state index in [1.165, 1.54) is 18.3 Å². The molecule has 0 aliphatic rings. The zero-order valence-corrected chi connectivity index (χ0v) is 16.5. The molecule has 30 heavy (non-hydrogen) atoms. The van der Waals surface area contributed by atoms with Gasteiger partial charge >= 0.3 is 11.6 Å². The highest BCUT2D eigenvalue weighted by atomic mass is 16.5. The summed E-state index contributed by atoms with van der Waals surface area (Å²) >= 11 is 0. The van der Waals surface area contributed by atoms with Crippen molar-refractivity contribution < 1.29 is 19.1 Å². The zero-order valence-electron chi connectivity index (χ0n) is 16.5. The van der Waals surface area contributed by atoms with Crippen LogP contribution in [0.4, 0.5) is 0 Å². The molecule has 0 aliphatic carbocycles. The second-order valence-corrected chi connectivity index (χ2v) is 6.63. The number of aromatic nitrogens is 2. The number of esters is 1. The second-order valence-electron chi connectivity index (χ2n) is 6.63. The summed E-state index contributed by atoms with van der Waals surface area (Å²) in [5, 5.41) is 10.7. The lowest BCUT2D eigenvalue weighted by Crippen LogP contribution is -2.16. The van der Waals surface area contributed by atoms with Crippen LogP contribution in [0.2, 0.25) is 0 Å². The fraction of sp³-hybridized carbons (Fsp3) is 0.182. The Bertz CT molecular complexity index is 1350. The Kier molecular flexibility index (Phi) is 5.05. The first kappa shape index (κ1) is 19.4. The highest BCUT2D eigenvalue weighted by molar-refractivity contribution is 6.01. The average molecular weight is 405 g/mol. The normalized spacial score (nSPS) is 11.5. The van der Waals surface area contributed by atoms with Crippen LogP contribution < -0.4 is 5.63 Å². The number of hydrogen-bond donors (Lipinski definition) is 1. The third-order valence-electron chi connectivity index (χ3n) is 4.75. The summed E-state index contributed by atoms with van der Waals surface area (Å²) in [5.41, 5.74) is 1.22. The van der Waals surface area contributed by atoms with Gasteiger partial charge in [-0.3, -0.25) is 4.99 Å². The number of carbonyl (C=O) groups excluding carboxylic acids is 1. The van der Waals surface area contributed by atoms with E-state index in [-0.39, 0.29) is 35.6 Å². The third kappa shape index (κ3) is 3.43. The number of aryl methyl sites for hydroxylation is 1. The maximum atomic E-state index is 12.2. The molecule has 8 heteroatoms. The second kappa shape index (κ2) is 7.82. The number of aromatic hydroxyl groups is 1. The van der Waals surface area contributed by atoms with Crippen molar-refractivity contribution in [2.45, 2.75) is 13.5 Å². The molecule has 8 nitrogen and oxygen atoms in total. The molecule has 2 heterocycles. The van der Waals surface area contributed by atoms with Crippen molar-refractivity contribution in [1.82, 2.24) is 9.55 Å². The number of para-hydroxylation sites is 2. The van der Waals surface area contributed by atoms with E-state index in [0.29, 0.717) is 5.39 Å². The van der Waals surface area contributed by atoms with Crippen molar-refractivity contribution >= 4 is 34.2 Å². The number of ether oxygens (including phenoxy) is 1. The Labute approximate surface area is 171 Å². The molecule has 1 N–H and O–H groups in total. The molecule has 0 unspecified atom stereocenters. The van der Waals surface area contributed by atoms with Gasteiger partial charge in [-0.2, -0.15) is 0 Å². The number of carbonyl (C=O) groups is 1. The van der Waals surface area contributed by atoms with Gasteiger partial charge in [-0.1, -0.05) is 12.1 Å². The molecular formula is C22H19N3O5. The van der Waals surface area contributed by atoms with E-state index in [0.717, 1.165) is 16.9 Å². The highest BCUT2D eigenvalue weighted by Gasteiger charge is 2.17. The van der Waals surface area contributed by atoms with E-state index in [1.807, 2.05) is 35.9 Å². The molecule has 0 saturated carbocycles. The van der Waals surface area contributed by atoms with Crippen LogP contribution in [-0.4, -0.2) is 33.4 Å². The summed E-state index contributed by atoms with van der Waals surface area (Å²) in [6.07, 6.45) is 1.43. The number of phenols is 1. The first-order valence-electron chi connectivity index (χ1n) is 9.36. The van der Waals surface area contributed by atoms with Gasteiger partial charge in [0.1, 0.15) is 17.1 Å². The quantitative estimate of drug-likeness (QED) is 0.310. The first-order chi connectivity index (χ1) is 14.5. The van der Waals surface area contributed by atoms with Crippen molar-refractivity contribution in [3.63, 3.8) is 0 Å². The van der Waals surface area contributed by atoms with Gasteiger partial charge in [0.15, 0.2) is 5.58 Å². The summed E-state index contributed by atoms with van der Waals surface area (Å²) < 4.78 is 12.1. The number of rotatable bonds is 5. The maximum absolute atomic E-state index is 12.2. The molecule has 4 rings (SSSR count). The molecule has 152 valence electrons. The van der Waals surface area contributed by atoms with E-state index in [4.69, 9.17) is 9.15 Å². The average Bonchev–Trinajstić information content (AvgIpc) is 3.05. The molecule has 0 amide bonds. The number of phenolic OH excluding ortho intramolecular Hbond substituents is 1. The summed E-state index contributed by atoms with van der Waals surface area (Å²) in [6, 6.07) is 12.2. The van der Waals surface area contributed by atoms with Crippen molar-refractivity contribution in [2.24, 2.45) is 12.0 Å². The van der Waals surface area contributed by atoms with E-state index in [9.17, 15) is 14.7 Å². The lowest BCUT2D eigenvalue weighted by molar-refractivity contribution is 0.0522. The number of imidazole rings is 1. The Morgan fingerprint density at radius 1 is 1.30 bits per heavy atom. The molecular weight excluding hydrogens is 386 g/mol. The standard InChI is InChI=1S/C22H19N3O5/c1-3-29-21(27)14-10-13-8-9-18(26)15(20(13)30-22(14)28)11-23-12-19-24-16-6-4-5-7-17(16)25(19)2/h4-11,26H,3,12H2,1-2H3. The fourth-order valence-electron chi connectivity index (χ4n) is 3.23. The van der Waals surface area contributed by atoms with Crippen molar-refractivity contribution in [3.8, 4) is 5.75 Å². The number of benzene rings is 2. The van der Waals surface area contributed by atoms with Crippen LogP contribution in [0.5, 0.6) is 5.75 Å². The van der Waals surface area contributed by atoms with Crippen LogP contribution in [0, 0.1) is 0 Å². The van der Waals surface area contributed by atoms with Crippen LogP contribution in [-0.2, 0) is 18.3 Å². The van der Waals surface area contributed by atoms with Crippen LogP contribution in [0.3, 0.4) is 0 Å². The van der Waals surface area contributed by atoms with Gasteiger partial charge in [-0.15, -0.1) is 0 Å². The summed E-state index contributed by atoms with van der Waals surface area (Å²) in [5.74, 6) is -0.0974. The number of aliphatic imine (C=N–C) groups is 1. The predicted molar refractivity (Wildman–Crippen MR) is 112 cm³/mol. The van der Waals surface area contributed by atoms with Gasteiger partial charge in [-0.05, 0) is 37.3 Å². The predicted octanol–water partition coefficient (Wildman–Crippen LogP) is 3.18. The van der Waals surface area contributed by atoms with Crippen LogP contribution in [0.1, 0.15) is 28.7 Å². The molecule has 2 aromatic carbocycles. The topological polar surface area (TPSA) is 107 Å².